The minimum Gasteiger partial charge on any atom is -0.394 e. The van der Waals surface area contributed by atoms with Crippen LogP contribution >= 0.6 is 0 Å². The molecule has 3 heterocycles. The molecule has 0 bridgehead atoms. The van der Waals surface area contributed by atoms with Crippen molar-refractivity contribution in [3.63, 3.8) is 0 Å². The van der Waals surface area contributed by atoms with Gasteiger partial charge in [-0.25, -0.2) is 0 Å². The first-order valence-corrected chi connectivity index (χ1v) is 32.4. The molecule has 17 unspecified atom stereocenters. The summed E-state index contributed by atoms with van der Waals surface area (Å²) in [6.07, 6.45) is 27.3. The number of nitrogens with one attached hydrogen (secondary N) is 1. The van der Waals surface area contributed by atoms with Crippen LogP contribution in [0.3, 0.4) is 0 Å². The van der Waals surface area contributed by atoms with E-state index < -0.39 is 124 Å². The Morgan fingerprint density at radius 2 is 0.819 bits per heavy atom. The molecule has 0 aromatic heterocycles. The summed E-state index contributed by atoms with van der Waals surface area (Å²) in [6, 6.07) is -0.993. The fourth-order valence-electron chi connectivity index (χ4n) is 10.9. The highest BCUT2D eigenvalue weighted by Gasteiger charge is 2.53. The van der Waals surface area contributed by atoms with Crippen molar-refractivity contribution < 1.29 is 89.4 Å². The lowest BCUT2D eigenvalue weighted by Gasteiger charge is -2.48. The highest BCUT2D eigenvalue weighted by molar-refractivity contribution is 5.76. The molecule has 0 aromatic carbocycles. The average molecular weight is 1190 g/mol. The molecule has 484 valence electrons. The fourth-order valence-corrected chi connectivity index (χ4v) is 10.9. The molecule has 3 fully saturated rings. The zero-order chi connectivity index (χ0) is 60.5. The predicted molar refractivity (Wildman–Crippen MR) is 319 cm³/mol. The van der Waals surface area contributed by atoms with Gasteiger partial charge in [0, 0.05) is 6.42 Å². The minimum absolute atomic E-state index is 0.233. The summed E-state index contributed by atoms with van der Waals surface area (Å²) in [4.78, 5) is 13.3. The number of carbonyl (C=O) groups is 1. The van der Waals surface area contributed by atoms with E-state index in [9.17, 15) is 61.0 Å². The SMILES string of the molecule is C/C=C/CC/C=C/CC/C=C/C(O)C(COC1OC(CO)C(OC2OC(CO)C(OC3OC(CO)C(O)C(O)C3O)C(O)C2O)C(O)C1O)NC(=O)CCCCCCCCCCCCCCCCCCC/C=C\CCCCCCCCCC. The lowest BCUT2D eigenvalue weighted by molar-refractivity contribution is -0.379. The van der Waals surface area contributed by atoms with Gasteiger partial charge in [0.15, 0.2) is 18.9 Å². The molecule has 3 saturated heterocycles. The Balaban J connectivity index is 1.36. The van der Waals surface area contributed by atoms with Gasteiger partial charge in [-0.2, -0.15) is 0 Å². The molecule has 83 heavy (non-hydrogen) atoms. The van der Waals surface area contributed by atoms with Gasteiger partial charge in [0.25, 0.3) is 0 Å². The van der Waals surface area contributed by atoms with Crippen LogP contribution in [0.5, 0.6) is 0 Å². The highest BCUT2D eigenvalue weighted by atomic mass is 16.8. The second-order valence-corrected chi connectivity index (χ2v) is 23.2. The summed E-state index contributed by atoms with van der Waals surface area (Å²) in [6.45, 7) is 1.45. The Morgan fingerprint density at radius 3 is 1.28 bits per heavy atom. The maximum Gasteiger partial charge on any atom is 0.220 e. The second-order valence-electron chi connectivity index (χ2n) is 23.2. The molecule has 3 aliphatic heterocycles. The maximum atomic E-state index is 13.3. The van der Waals surface area contributed by atoms with Crippen LogP contribution in [0.4, 0.5) is 0 Å². The van der Waals surface area contributed by atoms with E-state index in [4.69, 9.17) is 28.4 Å². The molecule has 0 aromatic rings. The van der Waals surface area contributed by atoms with E-state index in [1.165, 1.54) is 148 Å². The van der Waals surface area contributed by atoms with Gasteiger partial charge >= 0.3 is 0 Å². The van der Waals surface area contributed by atoms with E-state index in [1.54, 1.807) is 6.08 Å². The van der Waals surface area contributed by atoms with Crippen molar-refractivity contribution >= 4 is 5.91 Å². The minimum atomic E-state index is -1.98. The molecular weight excluding hydrogens is 1070 g/mol. The molecule has 19 heteroatoms. The zero-order valence-corrected chi connectivity index (χ0v) is 50.7. The van der Waals surface area contributed by atoms with Gasteiger partial charge in [-0.3, -0.25) is 4.79 Å². The van der Waals surface area contributed by atoms with Crippen molar-refractivity contribution in [2.24, 2.45) is 0 Å². The van der Waals surface area contributed by atoms with E-state index in [0.29, 0.717) is 12.8 Å². The van der Waals surface area contributed by atoms with Crippen molar-refractivity contribution in [3.8, 4) is 0 Å². The third-order valence-corrected chi connectivity index (χ3v) is 16.2. The van der Waals surface area contributed by atoms with Crippen LogP contribution in [-0.4, -0.2) is 193 Å². The number of rotatable bonds is 48. The fraction of sp³-hybridized carbons (Fsp3) is 0.859. The lowest BCUT2D eigenvalue weighted by Crippen LogP contribution is -2.66. The molecule has 0 spiro atoms. The van der Waals surface area contributed by atoms with Gasteiger partial charge in [0.05, 0.1) is 38.6 Å². The Kier molecular flexibility index (Phi) is 42.3. The van der Waals surface area contributed by atoms with Crippen LogP contribution in [0.1, 0.15) is 219 Å². The van der Waals surface area contributed by atoms with Crippen LogP contribution in [-0.2, 0) is 33.2 Å². The summed E-state index contributed by atoms with van der Waals surface area (Å²) in [5, 5.41) is 120. The van der Waals surface area contributed by atoms with Crippen molar-refractivity contribution in [2.45, 2.75) is 324 Å². The van der Waals surface area contributed by atoms with Crippen molar-refractivity contribution in [2.75, 3.05) is 26.4 Å². The van der Waals surface area contributed by atoms with Gasteiger partial charge in [0.2, 0.25) is 5.91 Å². The standard InChI is InChI=1S/C64H115NO18/c1-3-5-7-9-11-13-14-15-16-17-18-19-20-21-22-23-24-25-26-27-28-29-30-31-32-34-36-38-40-42-52(70)65-47(48(69)41-39-37-35-33-12-10-8-6-4-2)46-78-62-58(76)55(73)60(50(44-67)80-62)83-64-59(77)56(74)61(51(45-68)81-64)82-63-57(75)54(72)53(71)49(43-66)79-63/h4,6,12,17-18,33,39,41,47-51,53-64,66-69,71-77H,3,5,7-11,13-16,19-32,34-38,40,42-46H2,1-2H3,(H,65,70)/b6-4+,18-17-,33-12+,41-39+. The van der Waals surface area contributed by atoms with Crippen LogP contribution < -0.4 is 5.32 Å². The van der Waals surface area contributed by atoms with E-state index in [-0.39, 0.29) is 18.9 Å². The molecule has 3 aliphatic rings. The zero-order valence-electron chi connectivity index (χ0n) is 50.7. The molecule has 0 radical (unpaired) electrons. The van der Waals surface area contributed by atoms with E-state index >= 15 is 0 Å². The largest absolute Gasteiger partial charge is 0.394 e. The number of carbonyl (C=O) groups excluding carboxylic acids is 1. The lowest BCUT2D eigenvalue weighted by atomic mass is 9.96. The predicted octanol–water partition coefficient (Wildman–Crippen LogP) is 7.04. The number of hydrogen-bond donors (Lipinski definition) is 12. The molecule has 0 saturated carbocycles. The summed E-state index contributed by atoms with van der Waals surface area (Å²) >= 11 is 0. The highest BCUT2D eigenvalue weighted by Crippen LogP contribution is 2.33. The Morgan fingerprint density at radius 1 is 0.446 bits per heavy atom. The molecule has 17 atom stereocenters. The molecule has 1 amide bonds. The first-order valence-electron chi connectivity index (χ1n) is 32.4. The Bertz CT molecular complexity index is 1700. The van der Waals surface area contributed by atoms with Gasteiger partial charge in [0.1, 0.15) is 73.2 Å². The number of unbranched alkanes of at least 4 members (excludes halogenated alkanes) is 27. The van der Waals surface area contributed by atoms with Crippen LogP contribution in [0, 0.1) is 0 Å². The van der Waals surface area contributed by atoms with Crippen molar-refractivity contribution in [1.29, 1.82) is 0 Å². The topological polar surface area (TPSA) is 307 Å². The monoisotopic (exact) mass is 1190 g/mol. The maximum absolute atomic E-state index is 13.3. The van der Waals surface area contributed by atoms with Crippen LogP contribution in [0.2, 0.25) is 0 Å². The number of aliphatic hydroxyl groups excluding tert-OH is 11. The van der Waals surface area contributed by atoms with Crippen LogP contribution in [0.15, 0.2) is 48.6 Å². The van der Waals surface area contributed by atoms with Crippen LogP contribution in [0.25, 0.3) is 0 Å². The Labute approximate surface area is 497 Å². The summed E-state index contributed by atoms with van der Waals surface area (Å²) in [7, 11) is 0. The third kappa shape index (κ3) is 30.0. The summed E-state index contributed by atoms with van der Waals surface area (Å²) < 4.78 is 34.2. The van der Waals surface area contributed by atoms with Crippen molar-refractivity contribution in [1.82, 2.24) is 5.32 Å². The van der Waals surface area contributed by atoms with E-state index in [1.807, 2.05) is 19.1 Å². The molecule has 3 rings (SSSR count). The third-order valence-electron chi connectivity index (χ3n) is 16.2. The first kappa shape index (κ1) is 75.0. The number of hydrogen-bond acceptors (Lipinski definition) is 18. The smallest absolute Gasteiger partial charge is 0.220 e. The molecular formula is C64H115NO18. The van der Waals surface area contributed by atoms with E-state index in [2.05, 4.69) is 42.6 Å². The van der Waals surface area contributed by atoms with Gasteiger partial charge < -0.3 is 89.9 Å². The molecule has 0 aliphatic carbocycles. The quantitative estimate of drug-likeness (QED) is 0.0215. The summed E-state index contributed by atoms with van der Waals surface area (Å²) in [5.41, 5.74) is 0. The molecule has 12 N–H and O–H groups in total. The normalized spacial score (nSPS) is 29.7. The first-order chi connectivity index (χ1) is 40.3. The Hall–Kier alpha value is -2.25. The van der Waals surface area contributed by atoms with E-state index in [0.717, 1.165) is 38.5 Å². The number of aliphatic hydroxyl groups is 11. The van der Waals surface area contributed by atoms with Gasteiger partial charge in [-0.15, -0.1) is 0 Å². The van der Waals surface area contributed by atoms with Gasteiger partial charge in [-0.1, -0.05) is 197 Å². The number of allylic oxidation sites excluding steroid dienone is 7. The number of amides is 1. The second kappa shape index (κ2) is 46.8. The summed E-state index contributed by atoms with van der Waals surface area (Å²) in [5.74, 6) is -0.292. The molecule has 19 nitrogen and oxygen atoms in total. The van der Waals surface area contributed by atoms with Crippen molar-refractivity contribution in [3.05, 3.63) is 48.6 Å². The number of ether oxygens (including phenoxy) is 6. The average Bonchev–Trinajstić information content (AvgIpc) is 3.25. The van der Waals surface area contributed by atoms with Gasteiger partial charge in [-0.05, 0) is 64.7 Å².